The molecule has 0 radical (unpaired) electrons. The highest BCUT2D eigenvalue weighted by atomic mass is 16.5. The van der Waals surface area contributed by atoms with Gasteiger partial charge in [0.1, 0.15) is 11.6 Å². The number of carbonyl (C=O) groups excluding carboxylic acids is 2. The maximum absolute atomic E-state index is 12.1. The van der Waals surface area contributed by atoms with Crippen LogP contribution in [0.25, 0.3) is 11.1 Å². The minimum absolute atomic E-state index is 0.133. The van der Waals surface area contributed by atoms with Crippen molar-refractivity contribution >= 4 is 11.9 Å². The van der Waals surface area contributed by atoms with Crippen LogP contribution in [0.15, 0.2) is 67.0 Å². The van der Waals surface area contributed by atoms with Crippen molar-refractivity contribution in [2.75, 3.05) is 0 Å². The zero-order valence-corrected chi connectivity index (χ0v) is 17.8. The molecule has 0 spiro atoms. The summed E-state index contributed by atoms with van der Waals surface area (Å²) >= 11 is 0. The molecule has 0 aliphatic heterocycles. The smallest absolute Gasteiger partial charge is 0.338 e. The van der Waals surface area contributed by atoms with E-state index in [0.717, 1.165) is 42.6 Å². The fourth-order valence-corrected chi connectivity index (χ4v) is 3.11. The molecule has 3 aromatic rings. The Balaban J connectivity index is 1.41. The van der Waals surface area contributed by atoms with Crippen LogP contribution in [-0.4, -0.2) is 28.0 Å². The van der Waals surface area contributed by atoms with E-state index in [2.05, 4.69) is 9.97 Å². The normalized spacial score (nSPS) is 11.5. The molecule has 0 bridgehead atoms. The van der Waals surface area contributed by atoms with Crippen molar-refractivity contribution in [3.8, 4) is 16.9 Å². The molecular formula is C25H26N2O4. The molecule has 3 rings (SSSR count). The van der Waals surface area contributed by atoms with Gasteiger partial charge in [0.2, 0.25) is 0 Å². The molecule has 1 atom stereocenters. The molecule has 0 N–H and O–H groups in total. The van der Waals surface area contributed by atoms with Crippen LogP contribution in [0.2, 0.25) is 0 Å². The zero-order valence-electron chi connectivity index (χ0n) is 17.8. The van der Waals surface area contributed by atoms with Gasteiger partial charge in [0.15, 0.2) is 0 Å². The minimum atomic E-state index is -0.343. The van der Waals surface area contributed by atoms with Gasteiger partial charge >= 0.3 is 11.9 Å². The van der Waals surface area contributed by atoms with E-state index in [1.165, 1.54) is 6.92 Å². The summed E-state index contributed by atoms with van der Waals surface area (Å²) in [7, 11) is 0. The molecule has 0 saturated carbocycles. The molecule has 0 amide bonds. The number of aryl methyl sites for hydroxylation is 1. The summed E-state index contributed by atoms with van der Waals surface area (Å²) < 4.78 is 10.5. The Bertz CT molecular complexity index is 986. The second kappa shape index (κ2) is 11.0. The Labute approximate surface area is 182 Å². The first kappa shape index (κ1) is 22.2. The topological polar surface area (TPSA) is 78.4 Å². The first-order chi connectivity index (χ1) is 15.0. The zero-order chi connectivity index (χ0) is 22.1. The third-order valence-corrected chi connectivity index (χ3v) is 4.73. The van der Waals surface area contributed by atoms with E-state index in [4.69, 9.17) is 9.47 Å². The number of nitrogens with zero attached hydrogens (tertiary/aromatic N) is 2. The van der Waals surface area contributed by atoms with E-state index >= 15 is 0 Å². The van der Waals surface area contributed by atoms with Crippen molar-refractivity contribution < 1.29 is 19.1 Å². The maximum Gasteiger partial charge on any atom is 0.338 e. The molecule has 1 heterocycles. The second-order valence-electron chi connectivity index (χ2n) is 7.33. The van der Waals surface area contributed by atoms with Crippen LogP contribution in [-0.2, 0) is 16.0 Å². The van der Waals surface area contributed by atoms with E-state index in [0.29, 0.717) is 11.3 Å². The van der Waals surface area contributed by atoms with Gasteiger partial charge in [-0.05, 0) is 56.0 Å². The predicted molar refractivity (Wildman–Crippen MR) is 118 cm³/mol. The molecule has 6 heteroatoms. The van der Waals surface area contributed by atoms with Crippen LogP contribution in [0.4, 0.5) is 0 Å². The van der Waals surface area contributed by atoms with Gasteiger partial charge in [-0.3, -0.25) is 4.79 Å². The minimum Gasteiger partial charge on any atom is -0.459 e. The lowest BCUT2D eigenvalue weighted by Gasteiger charge is -2.13. The highest BCUT2D eigenvalue weighted by Crippen LogP contribution is 2.21. The first-order valence-corrected chi connectivity index (χ1v) is 10.4. The van der Waals surface area contributed by atoms with Gasteiger partial charge in [-0.2, -0.15) is 0 Å². The molecule has 1 aromatic heterocycles. The van der Waals surface area contributed by atoms with Gasteiger partial charge in [-0.25, -0.2) is 14.8 Å². The van der Waals surface area contributed by atoms with Crippen LogP contribution >= 0.6 is 0 Å². The van der Waals surface area contributed by atoms with E-state index in [9.17, 15) is 9.59 Å². The van der Waals surface area contributed by atoms with Crippen LogP contribution in [0.3, 0.4) is 0 Å². The number of ether oxygens (including phenoxy) is 2. The highest BCUT2D eigenvalue weighted by Gasteiger charge is 2.11. The van der Waals surface area contributed by atoms with Crippen molar-refractivity contribution in [3.05, 3.63) is 78.4 Å². The molecule has 0 saturated heterocycles. The summed E-state index contributed by atoms with van der Waals surface area (Å²) in [6, 6.07) is 16.3. The molecule has 2 aromatic carbocycles. The Kier molecular flexibility index (Phi) is 7.87. The lowest BCUT2D eigenvalue weighted by Crippen LogP contribution is -2.15. The molecule has 0 aliphatic carbocycles. The van der Waals surface area contributed by atoms with Crippen LogP contribution in [0.5, 0.6) is 5.75 Å². The highest BCUT2D eigenvalue weighted by molar-refractivity contribution is 5.89. The fraction of sp³-hybridized carbons (Fsp3) is 0.280. The van der Waals surface area contributed by atoms with Crippen molar-refractivity contribution in [2.24, 2.45) is 0 Å². The Morgan fingerprint density at radius 2 is 1.58 bits per heavy atom. The number of unbranched alkanes of at least 4 members (excludes halogenated alkanes) is 1. The summed E-state index contributed by atoms with van der Waals surface area (Å²) in [4.78, 5) is 31.9. The average molecular weight is 418 g/mol. The van der Waals surface area contributed by atoms with Crippen molar-refractivity contribution in [1.82, 2.24) is 9.97 Å². The summed E-state index contributed by atoms with van der Waals surface area (Å²) in [5.74, 6) is 0.670. The number of rotatable bonds is 9. The average Bonchev–Trinajstić information content (AvgIpc) is 2.78. The van der Waals surface area contributed by atoms with Gasteiger partial charge in [0.25, 0.3) is 0 Å². The number of carbonyl (C=O) groups is 2. The summed E-state index contributed by atoms with van der Waals surface area (Å²) in [6.45, 7) is 3.29. The third-order valence-electron chi connectivity index (χ3n) is 4.73. The summed E-state index contributed by atoms with van der Waals surface area (Å²) in [5, 5.41) is 0. The van der Waals surface area contributed by atoms with Crippen LogP contribution in [0, 0.1) is 0 Å². The molecule has 31 heavy (non-hydrogen) atoms. The number of esters is 2. The van der Waals surface area contributed by atoms with Gasteiger partial charge in [0.05, 0.1) is 11.7 Å². The van der Waals surface area contributed by atoms with Gasteiger partial charge in [-0.1, -0.05) is 30.3 Å². The van der Waals surface area contributed by atoms with Gasteiger partial charge in [0, 0.05) is 31.3 Å². The van der Waals surface area contributed by atoms with E-state index in [-0.39, 0.29) is 18.0 Å². The SMILES string of the molecule is CC(=O)Oc1ccc(-c2cnc(CCCCC(C)OC(=O)c3ccccc3)nc2)cc1. The molecule has 0 aliphatic rings. The van der Waals surface area contributed by atoms with Gasteiger partial charge < -0.3 is 9.47 Å². The Hall–Kier alpha value is -3.54. The Morgan fingerprint density at radius 3 is 2.23 bits per heavy atom. The van der Waals surface area contributed by atoms with E-state index in [1.54, 1.807) is 36.7 Å². The van der Waals surface area contributed by atoms with E-state index < -0.39 is 0 Å². The van der Waals surface area contributed by atoms with Crippen molar-refractivity contribution in [3.63, 3.8) is 0 Å². The third kappa shape index (κ3) is 7.03. The van der Waals surface area contributed by atoms with Crippen LogP contribution in [0.1, 0.15) is 49.3 Å². The Morgan fingerprint density at radius 1 is 0.903 bits per heavy atom. The predicted octanol–water partition coefficient (Wildman–Crippen LogP) is 5.03. The lowest BCUT2D eigenvalue weighted by atomic mass is 10.1. The largest absolute Gasteiger partial charge is 0.459 e. The standard InChI is InChI=1S/C25H26N2O4/c1-18(30-25(29)21-9-4-3-5-10-21)8-6-7-11-24-26-16-22(17-27-24)20-12-14-23(15-13-20)31-19(2)28/h3-5,9-10,12-18H,6-8,11H2,1-2H3. The maximum atomic E-state index is 12.1. The van der Waals surface area contributed by atoms with Gasteiger partial charge in [-0.15, -0.1) is 0 Å². The monoisotopic (exact) mass is 418 g/mol. The summed E-state index contributed by atoms with van der Waals surface area (Å²) in [6.07, 6.45) is 6.87. The van der Waals surface area contributed by atoms with E-state index in [1.807, 2.05) is 37.3 Å². The lowest BCUT2D eigenvalue weighted by molar-refractivity contribution is -0.131. The first-order valence-electron chi connectivity index (χ1n) is 10.4. The molecular weight excluding hydrogens is 392 g/mol. The molecule has 1 unspecified atom stereocenters. The number of aromatic nitrogens is 2. The summed E-state index contributed by atoms with van der Waals surface area (Å²) in [5.41, 5.74) is 2.43. The number of hydrogen-bond donors (Lipinski definition) is 0. The number of hydrogen-bond acceptors (Lipinski definition) is 6. The van der Waals surface area contributed by atoms with Crippen LogP contribution < -0.4 is 4.74 Å². The molecule has 0 fully saturated rings. The second-order valence-corrected chi connectivity index (χ2v) is 7.33. The fourth-order valence-electron chi connectivity index (χ4n) is 3.11. The quantitative estimate of drug-likeness (QED) is 0.276. The van der Waals surface area contributed by atoms with Crippen molar-refractivity contribution in [1.29, 1.82) is 0 Å². The molecule has 160 valence electrons. The molecule has 6 nitrogen and oxygen atoms in total. The van der Waals surface area contributed by atoms with Crippen molar-refractivity contribution in [2.45, 2.75) is 45.6 Å². The number of benzene rings is 2.